The molecule has 1 rings (SSSR count). The zero-order chi connectivity index (χ0) is 12.0. The van der Waals surface area contributed by atoms with Gasteiger partial charge in [-0.1, -0.05) is 12.1 Å². The molecule has 0 saturated carbocycles. The molecule has 2 N–H and O–H groups in total. The minimum Gasteiger partial charge on any atom is -0.382 e. The van der Waals surface area contributed by atoms with Crippen LogP contribution >= 0.6 is 0 Å². The highest BCUT2D eigenvalue weighted by Crippen LogP contribution is 2.18. The monoisotopic (exact) mass is 227 g/mol. The van der Waals surface area contributed by atoms with E-state index in [4.69, 9.17) is 15.2 Å². The molecule has 2 unspecified atom stereocenters. The smallest absolute Gasteiger partial charge is 0.123 e. The molecule has 2 atom stereocenters. The summed E-state index contributed by atoms with van der Waals surface area (Å²) in [7, 11) is 1.62. The fourth-order valence-electron chi connectivity index (χ4n) is 1.50. The van der Waals surface area contributed by atoms with Crippen LogP contribution in [0, 0.1) is 5.82 Å². The second kappa shape index (κ2) is 6.58. The van der Waals surface area contributed by atoms with Crippen molar-refractivity contribution in [1.82, 2.24) is 0 Å². The minimum atomic E-state index is -0.260. The lowest BCUT2D eigenvalue weighted by Gasteiger charge is -2.21. The van der Waals surface area contributed by atoms with Gasteiger partial charge in [0.05, 0.1) is 18.8 Å². The Labute approximate surface area is 95.4 Å². The zero-order valence-corrected chi connectivity index (χ0v) is 9.65. The summed E-state index contributed by atoms with van der Waals surface area (Å²) in [6.45, 7) is 2.78. The summed E-state index contributed by atoms with van der Waals surface area (Å²) < 4.78 is 23.4. The van der Waals surface area contributed by atoms with Crippen molar-refractivity contribution in [3.05, 3.63) is 35.6 Å². The second-order valence-electron chi connectivity index (χ2n) is 3.68. The van der Waals surface area contributed by atoms with Crippen LogP contribution in [0.1, 0.15) is 18.6 Å². The summed E-state index contributed by atoms with van der Waals surface area (Å²) in [5, 5.41) is 0. The van der Waals surface area contributed by atoms with E-state index in [0.717, 1.165) is 5.56 Å². The molecule has 16 heavy (non-hydrogen) atoms. The van der Waals surface area contributed by atoms with E-state index >= 15 is 0 Å². The number of hydrogen-bond acceptors (Lipinski definition) is 3. The number of rotatable bonds is 6. The van der Waals surface area contributed by atoms with Crippen molar-refractivity contribution in [2.45, 2.75) is 19.1 Å². The number of nitrogens with two attached hydrogens (primary N) is 1. The van der Waals surface area contributed by atoms with Gasteiger partial charge in [-0.05, 0) is 24.6 Å². The normalized spacial score (nSPS) is 14.8. The average Bonchev–Trinajstić information content (AvgIpc) is 2.27. The summed E-state index contributed by atoms with van der Waals surface area (Å²) in [5.41, 5.74) is 6.51. The van der Waals surface area contributed by atoms with Gasteiger partial charge in [-0.15, -0.1) is 0 Å². The van der Waals surface area contributed by atoms with Crippen molar-refractivity contribution in [3.63, 3.8) is 0 Å². The summed E-state index contributed by atoms with van der Waals surface area (Å²) in [4.78, 5) is 0. The fourth-order valence-corrected chi connectivity index (χ4v) is 1.50. The lowest BCUT2D eigenvalue weighted by molar-refractivity contribution is -0.0362. The summed E-state index contributed by atoms with van der Waals surface area (Å²) in [6.07, 6.45) is -0.255. The van der Waals surface area contributed by atoms with Crippen LogP contribution in [0.3, 0.4) is 0 Å². The molecule has 0 spiro atoms. The number of halogens is 1. The van der Waals surface area contributed by atoms with Crippen LogP contribution in [0.5, 0.6) is 0 Å². The van der Waals surface area contributed by atoms with Gasteiger partial charge in [-0.25, -0.2) is 4.39 Å². The molecule has 4 heteroatoms. The number of benzene rings is 1. The number of hydrogen-bond donors (Lipinski definition) is 1. The van der Waals surface area contributed by atoms with Gasteiger partial charge in [0.2, 0.25) is 0 Å². The van der Waals surface area contributed by atoms with Crippen molar-refractivity contribution >= 4 is 0 Å². The molecule has 0 radical (unpaired) electrons. The van der Waals surface area contributed by atoms with Gasteiger partial charge >= 0.3 is 0 Å². The molecule has 0 saturated heterocycles. The van der Waals surface area contributed by atoms with Crippen molar-refractivity contribution in [2.75, 3.05) is 20.3 Å². The van der Waals surface area contributed by atoms with Crippen LogP contribution in [0.15, 0.2) is 24.3 Å². The largest absolute Gasteiger partial charge is 0.382 e. The van der Waals surface area contributed by atoms with E-state index in [1.165, 1.54) is 12.1 Å². The van der Waals surface area contributed by atoms with Crippen LogP contribution in [-0.4, -0.2) is 26.4 Å². The Balaban J connectivity index is 2.63. The predicted octanol–water partition coefficient (Wildman–Crippen LogP) is 1.88. The van der Waals surface area contributed by atoms with E-state index in [2.05, 4.69) is 0 Å². The second-order valence-corrected chi connectivity index (χ2v) is 3.68. The number of ether oxygens (including phenoxy) is 2. The van der Waals surface area contributed by atoms with E-state index < -0.39 is 0 Å². The molecule has 90 valence electrons. The molecule has 3 nitrogen and oxygen atoms in total. The first-order chi connectivity index (χ1) is 7.67. The zero-order valence-electron chi connectivity index (χ0n) is 9.65. The molecular weight excluding hydrogens is 209 g/mol. The quantitative estimate of drug-likeness (QED) is 0.807. The third-order valence-electron chi connectivity index (χ3n) is 2.25. The van der Waals surface area contributed by atoms with Crippen molar-refractivity contribution in [1.29, 1.82) is 0 Å². The average molecular weight is 227 g/mol. The van der Waals surface area contributed by atoms with Gasteiger partial charge in [-0.2, -0.15) is 0 Å². The minimum absolute atomic E-state index is 0.0383. The van der Waals surface area contributed by atoms with Crippen molar-refractivity contribution < 1.29 is 13.9 Å². The van der Waals surface area contributed by atoms with Gasteiger partial charge < -0.3 is 15.2 Å². The Morgan fingerprint density at radius 2 is 1.94 bits per heavy atom. The topological polar surface area (TPSA) is 44.5 Å². The molecule has 0 amide bonds. The van der Waals surface area contributed by atoms with Crippen LogP contribution < -0.4 is 5.73 Å². The standard InChI is InChI=1S/C12H18FNO2/c1-9(8-15-2)16-12(7-14)10-3-5-11(13)6-4-10/h3-6,9,12H,7-8,14H2,1-2H3. The molecule has 0 fully saturated rings. The van der Waals surface area contributed by atoms with Crippen molar-refractivity contribution in [3.8, 4) is 0 Å². The van der Waals surface area contributed by atoms with E-state index in [0.29, 0.717) is 13.2 Å². The Bertz CT molecular complexity index is 302. The fraction of sp³-hybridized carbons (Fsp3) is 0.500. The van der Waals surface area contributed by atoms with E-state index in [1.807, 2.05) is 6.92 Å². The molecular formula is C12H18FNO2. The summed E-state index contributed by atoms with van der Waals surface area (Å²) >= 11 is 0. The van der Waals surface area contributed by atoms with Gasteiger partial charge in [0.25, 0.3) is 0 Å². The van der Waals surface area contributed by atoms with Crippen LogP contribution in [0.4, 0.5) is 4.39 Å². The third-order valence-corrected chi connectivity index (χ3v) is 2.25. The Kier molecular flexibility index (Phi) is 5.38. The summed E-state index contributed by atoms with van der Waals surface area (Å²) in [5.74, 6) is -0.260. The Morgan fingerprint density at radius 1 is 1.31 bits per heavy atom. The lowest BCUT2D eigenvalue weighted by Crippen LogP contribution is -2.23. The van der Waals surface area contributed by atoms with Gasteiger partial charge in [0.1, 0.15) is 5.82 Å². The lowest BCUT2D eigenvalue weighted by atomic mass is 10.1. The molecule has 0 aromatic heterocycles. The molecule has 0 heterocycles. The Morgan fingerprint density at radius 3 is 2.44 bits per heavy atom. The molecule has 0 bridgehead atoms. The maximum absolute atomic E-state index is 12.7. The SMILES string of the molecule is COCC(C)OC(CN)c1ccc(F)cc1. The highest BCUT2D eigenvalue weighted by molar-refractivity contribution is 5.19. The Hall–Kier alpha value is -0.970. The first-order valence-corrected chi connectivity index (χ1v) is 5.27. The van der Waals surface area contributed by atoms with E-state index in [1.54, 1.807) is 19.2 Å². The third kappa shape index (κ3) is 3.89. The van der Waals surface area contributed by atoms with E-state index in [9.17, 15) is 4.39 Å². The molecule has 1 aromatic rings. The molecule has 0 aliphatic rings. The molecule has 1 aromatic carbocycles. The maximum Gasteiger partial charge on any atom is 0.123 e. The van der Waals surface area contributed by atoms with Gasteiger partial charge in [-0.3, -0.25) is 0 Å². The van der Waals surface area contributed by atoms with Crippen LogP contribution in [0.25, 0.3) is 0 Å². The van der Waals surface area contributed by atoms with E-state index in [-0.39, 0.29) is 18.0 Å². The van der Waals surface area contributed by atoms with Crippen LogP contribution in [0.2, 0.25) is 0 Å². The first kappa shape index (κ1) is 13.1. The van der Waals surface area contributed by atoms with Gasteiger partial charge in [0.15, 0.2) is 0 Å². The first-order valence-electron chi connectivity index (χ1n) is 5.27. The predicted molar refractivity (Wildman–Crippen MR) is 60.6 cm³/mol. The van der Waals surface area contributed by atoms with Crippen LogP contribution in [-0.2, 0) is 9.47 Å². The number of methoxy groups -OCH3 is 1. The van der Waals surface area contributed by atoms with Crippen molar-refractivity contribution in [2.24, 2.45) is 5.73 Å². The highest BCUT2D eigenvalue weighted by Gasteiger charge is 2.13. The highest BCUT2D eigenvalue weighted by atomic mass is 19.1. The molecule has 0 aliphatic heterocycles. The van der Waals surface area contributed by atoms with Gasteiger partial charge in [0, 0.05) is 13.7 Å². The summed E-state index contributed by atoms with van der Waals surface area (Å²) in [6, 6.07) is 6.18. The molecule has 0 aliphatic carbocycles. The maximum atomic E-state index is 12.7.